The van der Waals surface area contributed by atoms with Gasteiger partial charge in [-0.1, -0.05) is 15.9 Å². The molecule has 6 nitrogen and oxygen atoms in total. The lowest BCUT2D eigenvalue weighted by Crippen LogP contribution is -2.01. The Morgan fingerprint density at radius 2 is 1.90 bits per heavy atom. The Morgan fingerprint density at radius 3 is 2.38 bits per heavy atom. The predicted octanol–water partition coefficient (Wildman–Crippen LogP) is 2.87. The van der Waals surface area contributed by atoms with Crippen molar-refractivity contribution in [2.45, 2.75) is 6.92 Å². The number of ether oxygens (including phenoxy) is 2. The van der Waals surface area contributed by atoms with Gasteiger partial charge in [-0.2, -0.15) is 5.10 Å². The van der Waals surface area contributed by atoms with Crippen molar-refractivity contribution in [1.82, 2.24) is 9.78 Å². The number of halogens is 1. The van der Waals surface area contributed by atoms with Crippen LogP contribution in [0.4, 0.5) is 0 Å². The minimum Gasteiger partial charge on any atom is -0.493 e. The number of aryl methyl sites for hydroxylation is 1. The third kappa shape index (κ3) is 2.61. The minimum atomic E-state index is -1.08. The number of methoxy groups -OCH3 is 2. The molecule has 0 spiro atoms. The second-order valence-corrected chi connectivity index (χ2v) is 5.30. The molecule has 1 aromatic heterocycles. The molecular formula is C14H15BrN2O4. The molecule has 112 valence electrons. The summed E-state index contributed by atoms with van der Waals surface area (Å²) in [6.45, 7) is 1.90. The Kier molecular flexibility index (Phi) is 4.22. The van der Waals surface area contributed by atoms with Gasteiger partial charge in [-0.3, -0.25) is 4.68 Å². The van der Waals surface area contributed by atoms with Crippen LogP contribution in [0, 0.1) is 6.92 Å². The SMILES string of the molecule is COc1c(-c2cc(C(=O)O)nn2C)cc(Br)c(C)c1OC. The molecule has 2 aromatic rings. The monoisotopic (exact) mass is 354 g/mol. The maximum Gasteiger partial charge on any atom is 0.356 e. The normalized spacial score (nSPS) is 10.5. The fourth-order valence-corrected chi connectivity index (χ4v) is 2.57. The summed E-state index contributed by atoms with van der Waals surface area (Å²) in [6.07, 6.45) is 0. The van der Waals surface area contributed by atoms with Crippen molar-refractivity contribution < 1.29 is 19.4 Å². The maximum atomic E-state index is 11.1. The molecular weight excluding hydrogens is 340 g/mol. The smallest absolute Gasteiger partial charge is 0.356 e. The van der Waals surface area contributed by atoms with E-state index in [0.29, 0.717) is 22.8 Å². The van der Waals surface area contributed by atoms with Gasteiger partial charge < -0.3 is 14.6 Å². The van der Waals surface area contributed by atoms with Crippen LogP contribution < -0.4 is 9.47 Å². The Morgan fingerprint density at radius 1 is 1.29 bits per heavy atom. The highest BCUT2D eigenvalue weighted by molar-refractivity contribution is 9.10. The molecule has 0 atom stereocenters. The molecule has 7 heteroatoms. The quantitative estimate of drug-likeness (QED) is 0.913. The Bertz CT molecular complexity index is 709. The van der Waals surface area contributed by atoms with Gasteiger partial charge in [0.2, 0.25) is 0 Å². The van der Waals surface area contributed by atoms with Crippen LogP contribution in [0.15, 0.2) is 16.6 Å². The highest BCUT2D eigenvalue weighted by Crippen LogP contribution is 2.43. The number of benzene rings is 1. The van der Waals surface area contributed by atoms with Crippen LogP contribution in [0.2, 0.25) is 0 Å². The van der Waals surface area contributed by atoms with Gasteiger partial charge >= 0.3 is 5.97 Å². The van der Waals surface area contributed by atoms with Gasteiger partial charge in [-0.25, -0.2) is 4.79 Å². The van der Waals surface area contributed by atoms with Gasteiger partial charge in [-0.05, 0) is 19.1 Å². The average molecular weight is 355 g/mol. The first-order valence-electron chi connectivity index (χ1n) is 6.09. The van der Waals surface area contributed by atoms with E-state index in [-0.39, 0.29) is 5.69 Å². The van der Waals surface area contributed by atoms with Crippen molar-refractivity contribution >= 4 is 21.9 Å². The molecule has 0 aliphatic heterocycles. The van der Waals surface area contributed by atoms with E-state index in [1.165, 1.54) is 10.7 Å². The number of hydrogen-bond donors (Lipinski definition) is 1. The van der Waals surface area contributed by atoms with E-state index in [0.717, 1.165) is 10.0 Å². The topological polar surface area (TPSA) is 73.6 Å². The van der Waals surface area contributed by atoms with Crippen molar-refractivity contribution in [3.05, 3.63) is 27.9 Å². The van der Waals surface area contributed by atoms with Crippen LogP contribution >= 0.6 is 15.9 Å². The number of aromatic carboxylic acids is 1. The van der Waals surface area contributed by atoms with E-state index in [4.69, 9.17) is 14.6 Å². The number of hydrogen-bond acceptors (Lipinski definition) is 4. The average Bonchev–Trinajstić information content (AvgIpc) is 2.83. The van der Waals surface area contributed by atoms with Crippen LogP contribution in [0.5, 0.6) is 11.5 Å². The molecule has 0 saturated carbocycles. The molecule has 1 heterocycles. The van der Waals surface area contributed by atoms with Crippen LogP contribution in [0.25, 0.3) is 11.3 Å². The first-order valence-corrected chi connectivity index (χ1v) is 6.88. The van der Waals surface area contributed by atoms with Crippen LogP contribution in [0.3, 0.4) is 0 Å². The number of carboxylic acids is 1. The zero-order chi connectivity index (χ0) is 15.7. The first-order chi connectivity index (χ1) is 9.90. The standard InChI is InChI=1S/C14H15BrN2O4/c1-7-9(15)5-8(13(21-4)12(7)20-3)11-6-10(14(18)19)16-17(11)2/h5-6H,1-4H3,(H,18,19). The molecule has 0 unspecified atom stereocenters. The van der Waals surface area contributed by atoms with Gasteiger partial charge in [0.05, 0.1) is 19.9 Å². The summed E-state index contributed by atoms with van der Waals surface area (Å²) < 4.78 is 13.2. The molecule has 0 radical (unpaired) electrons. The minimum absolute atomic E-state index is 0.0229. The van der Waals surface area contributed by atoms with E-state index in [1.807, 2.05) is 13.0 Å². The Labute approximate surface area is 130 Å². The van der Waals surface area contributed by atoms with Crippen LogP contribution in [-0.4, -0.2) is 35.1 Å². The highest BCUT2D eigenvalue weighted by atomic mass is 79.9. The van der Waals surface area contributed by atoms with E-state index in [2.05, 4.69) is 21.0 Å². The number of aromatic nitrogens is 2. The molecule has 21 heavy (non-hydrogen) atoms. The molecule has 0 bridgehead atoms. The number of nitrogens with zero attached hydrogens (tertiary/aromatic N) is 2. The summed E-state index contributed by atoms with van der Waals surface area (Å²) in [5.74, 6) is 0.0621. The van der Waals surface area contributed by atoms with Crippen molar-refractivity contribution in [1.29, 1.82) is 0 Å². The highest BCUT2D eigenvalue weighted by Gasteiger charge is 2.21. The fraction of sp³-hybridized carbons (Fsp3) is 0.286. The van der Waals surface area contributed by atoms with E-state index in [9.17, 15) is 4.79 Å². The van der Waals surface area contributed by atoms with Crippen molar-refractivity contribution in [3.8, 4) is 22.8 Å². The molecule has 1 N–H and O–H groups in total. The van der Waals surface area contributed by atoms with Crippen LogP contribution in [0.1, 0.15) is 16.1 Å². The van der Waals surface area contributed by atoms with Gasteiger partial charge in [0, 0.05) is 22.6 Å². The molecule has 1 aromatic carbocycles. The van der Waals surface area contributed by atoms with Crippen molar-refractivity contribution in [2.75, 3.05) is 14.2 Å². The number of rotatable bonds is 4. The van der Waals surface area contributed by atoms with Gasteiger partial charge in [0.15, 0.2) is 17.2 Å². The van der Waals surface area contributed by atoms with Gasteiger partial charge in [0.1, 0.15) is 0 Å². The second-order valence-electron chi connectivity index (χ2n) is 4.44. The first kappa shape index (κ1) is 15.4. The summed E-state index contributed by atoms with van der Waals surface area (Å²) >= 11 is 3.48. The Hall–Kier alpha value is -2.02. The summed E-state index contributed by atoms with van der Waals surface area (Å²) in [4.78, 5) is 11.1. The lowest BCUT2D eigenvalue weighted by molar-refractivity contribution is 0.0689. The third-order valence-corrected chi connectivity index (χ3v) is 4.03. The van der Waals surface area contributed by atoms with Crippen molar-refractivity contribution in [2.24, 2.45) is 7.05 Å². The molecule has 0 fully saturated rings. The van der Waals surface area contributed by atoms with Gasteiger partial charge in [-0.15, -0.1) is 0 Å². The summed E-state index contributed by atoms with van der Waals surface area (Å²) in [5.41, 5.74) is 2.21. The molecule has 0 amide bonds. The Balaban J connectivity index is 2.74. The molecule has 2 rings (SSSR count). The number of carboxylic acid groups (broad SMARTS) is 1. The van der Waals surface area contributed by atoms with E-state index in [1.54, 1.807) is 21.3 Å². The van der Waals surface area contributed by atoms with E-state index >= 15 is 0 Å². The third-order valence-electron chi connectivity index (χ3n) is 3.20. The summed E-state index contributed by atoms with van der Waals surface area (Å²) in [7, 11) is 4.79. The molecule has 0 saturated heterocycles. The van der Waals surface area contributed by atoms with Crippen LogP contribution in [-0.2, 0) is 7.05 Å². The lowest BCUT2D eigenvalue weighted by atomic mass is 10.1. The van der Waals surface area contributed by atoms with E-state index < -0.39 is 5.97 Å². The second kappa shape index (κ2) is 5.77. The predicted molar refractivity (Wildman–Crippen MR) is 81.1 cm³/mol. The largest absolute Gasteiger partial charge is 0.493 e. The summed E-state index contributed by atoms with van der Waals surface area (Å²) in [5, 5.41) is 13.0. The molecule has 0 aliphatic carbocycles. The van der Waals surface area contributed by atoms with Crippen molar-refractivity contribution in [3.63, 3.8) is 0 Å². The number of carbonyl (C=O) groups is 1. The zero-order valence-electron chi connectivity index (χ0n) is 12.1. The zero-order valence-corrected chi connectivity index (χ0v) is 13.7. The maximum absolute atomic E-state index is 11.1. The lowest BCUT2D eigenvalue weighted by Gasteiger charge is -2.16. The summed E-state index contributed by atoms with van der Waals surface area (Å²) in [6, 6.07) is 3.36. The van der Waals surface area contributed by atoms with Gasteiger partial charge in [0.25, 0.3) is 0 Å². The fourth-order valence-electron chi connectivity index (χ4n) is 2.16. The molecule has 0 aliphatic rings.